The molecule has 3 saturated heterocycles. The minimum atomic E-state index is -4.84. The molecule has 4 rings (SSSR count). The molecule has 244 valence electrons. The van der Waals surface area contributed by atoms with Gasteiger partial charge in [-0.05, 0) is 74.7 Å². The molecular formula is C32H47F3N2O5Si2. The molecule has 2 amide bonds. The first-order valence-electron chi connectivity index (χ1n) is 15.2. The Morgan fingerprint density at radius 3 is 2.09 bits per heavy atom. The smallest absolute Gasteiger partial charge is 0.417 e. The maximum atomic E-state index is 14.5. The number of amides is 2. The van der Waals surface area contributed by atoms with E-state index in [2.05, 4.69) is 67.7 Å². The minimum Gasteiger partial charge on any atom is -0.417 e. The van der Waals surface area contributed by atoms with E-state index in [1.165, 1.54) is 6.07 Å². The van der Waals surface area contributed by atoms with Crippen molar-refractivity contribution in [2.24, 2.45) is 11.3 Å². The lowest BCUT2D eigenvalue weighted by molar-refractivity contribution is -0.144. The lowest BCUT2D eigenvalue weighted by Crippen LogP contribution is -2.61. The van der Waals surface area contributed by atoms with Gasteiger partial charge in [0.2, 0.25) is 11.8 Å². The van der Waals surface area contributed by atoms with Crippen LogP contribution in [0.1, 0.15) is 79.4 Å². The van der Waals surface area contributed by atoms with Crippen LogP contribution in [0.5, 0.6) is 0 Å². The van der Waals surface area contributed by atoms with Crippen molar-refractivity contribution in [3.05, 3.63) is 29.3 Å². The van der Waals surface area contributed by atoms with Gasteiger partial charge in [-0.3, -0.25) is 9.59 Å². The standard InChI is InChI=1S/C32H47F3N2O5Si2/c1-27(2,3)43(9,10)40-16-15-31-18-23(41-44(11,12)28(4,5)6)30(8,42-31)29(7)24(31)25(38)37(26(29)39)21-14-13-20(19-36)22(17-21)32(33,34)35/h13-14,17,23-24H,15-16,18H2,1-12H3/t23-,24+,29+,30+,31-/m0/s1. The fraction of sp³-hybridized carbons (Fsp3) is 0.719. The predicted molar refractivity (Wildman–Crippen MR) is 167 cm³/mol. The van der Waals surface area contributed by atoms with E-state index in [0.717, 1.165) is 17.0 Å². The SMILES string of the molecule is CC(C)(C)[Si](C)(C)OCC[C@@]12C[C@H](O[Si](C)(C)C(C)(C)C)[C@@](C)(O1)[C@@]1(C)C(=O)N(c3ccc(C#N)c(C(F)(F)F)c3)C(=O)[C@@H]21. The molecule has 12 heteroatoms. The molecule has 0 unspecified atom stereocenters. The Kier molecular flexibility index (Phi) is 8.09. The van der Waals surface area contributed by atoms with Gasteiger partial charge >= 0.3 is 6.18 Å². The fourth-order valence-electron chi connectivity index (χ4n) is 6.66. The van der Waals surface area contributed by atoms with Crippen LogP contribution in [-0.4, -0.2) is 52.4 Å². The van der Waals surface area contributed by atoms with Crippen LogP contribution < -0.4 is 4.90 Å². The number of fused-ring (bicyclic) bond motifs is 5. The van der Waals surface area contributed by atoms with Gasteiger partial charge in [0, 0.05) is 13.0 Å². The Labute approximate surface area is 261 Å². The predicted octanol–water partition coefficient (Wildman–Crippen LogP) is 7.81. The molecule has 0 aliphatic carbocycles. The quantitative estimate of drug-likeness (QED) is 0.221. The third-order valence-electron chi connectivity index (χ3n) is 11.5. The van der Waals surface area contributed by atoms with Gasteiger partial charge in [0.15, 0.2) is 16.6 Å². The molecule has 3 aliphatic rings. The number of halogens is 3. The Morgan fingerprint density at radius 2 is 1.59 bits per heavy atom. The number of hydrogen-bond donors (Lipinski definition) is 0. The topological polar surface area (TPSA) is 88.9 Å². The van der Waals surface area contributed by atoms with Crippen molar-refractivity contribution >= 4 is 34.1 Å². The number of carbonyl (C=O) groups excluding carboxylic acids is 2. The average Bonchev–Trinajstić information content (AvgIpc) is 3.33. The van der Waals surface area contributed by atoms with E-state index in [9.17, 15) is 28.0 Å². The second-order valence-corrected chi connectivity index (χ2v) is 25.7. The highest BCUT2D eigenvalue weighted by Crippen LogP contribution is 2.69. The van der Waals surface area contributed by atoms with E-state index in [1.807, 2.05) is 6.92 Å². The van der Waals surface area contributed by atoms with E-state index >= 15 is 0 Å². The third-order valence-corrected chi connectivity index (χ3v) is 20.6. The van der Waals surface area contributed by atoms with Gasteiger partial charge in [-0.1, -0.05) is 41.5 Å². The van der Waals surface area contributed by atoms with E-state index in [0.29, 0.717) is 19.4 Å². The van der Waals surface area contributed by atoms with Crippen molar-refractivity contribution in [2.45, 2.75) is 128 Å². The van der Waals surface area contributed by atoms with Crippen LogP contribution >= 0.6 is 0 Å². The number of anilines is 1. The van der Waals surface area contributed by atoms with E-state index in [4.69, 9.17) is 13.6 Å². The third kappa shape index (κ3) is 5.01. The van der Waals surface area contributed by atoms with Crippen molar-refractivity contribution in [3.8, 4) is 6.07 Å². The summed E-state index contributed by atoms with van der Waals surface area (Å²) in [4.78, 5) is 29.7. The molecule has 0 spiro atoms. The van der Waals surface area contributed by atoms with Crippen LogP contribution in [0.15, 0.2) is 18.2 Å². The summed E-state index contributed by atoms with van der Waals surface area (Å²) in [5.74, 6) is -2.17. The van der Waals surface area contributed by atoms with Gasteiger partial charge in [-0.25, -0.2) is 4.90 Å². The van der Waals surface area contributed by atoms with E-state index in [-0.39, 0.29) is 15.8 Å². The number of benzene rings is 1. The summed E-state index contributed by atoms with van der Waals surface area (Å²) >= 11 is 0. The molecule has 0 aromatic heterocycles. The van der Waals surface area contributed by atoms with E-state index in [1.54, 1.807) is 13.0 Å². The highest BCUT2D eigenvalue weighted by molar-refractivity contribution is 6.74. The first-order chi connectivity index (χ1) is 19.7. The molecule has 7 nitrogen and oxygen atoms in total. The van der Waals surface area contributed by atoms with Crippen molar-refractivity contribution in [1.82, 2.24) is 0 Å². The molecule has 3 heterocycles. The maximum absolute atomic E-state index is 14.5. The van der Waals surface area contributed by atoms with Crippen molar-refractivity contribution in [2.75, 3.05) is 11.5 Å². The molecular weight excluding hydrogens is 606 g/mol. The van der Waals surface area contributed by atoms with Gasteiger partial charge in [-0.2, -0.15) is 18.4 Å². The highest BCUT2D eigenvalue weighted by atomic mass is 28.4. The Bertz CT molecular complexity index is 1410. The molecule has 0 saturated carbocycles. The number of carbonyl (C=O) groups is 2. The monoisotopic (exact) mass is 652 g/mol. The van der Waals surface area contributed by atoms with Crippen molar-refractivity contribution in [3.63, 3.8) is 0 Å². The zero-order valence-corrected chi connectivity index (χ0v) is 30.1. The number of alkyl halides is 3. The van der Waals surface area contributed by atoms with E-state index < -0.39 is 74.4 Å². The van der Waals surface area contributed by atoms with Crippen LogP contribution in [-0.2, 0) is 29.4 Å². The van der Waals surface area contributed by atoms with Crippen LogP contribution in [0.25, 0.3) is 0 Å². The Morgan fingerprint density at radius 1 is 1.02 bits per heavy atom. The first kappa shape index (κ1) is 34.8. The second kappa shape index (κ2) is 10.2. The second-order valence-electron chi connectivity index (χ2n) is 16.2. The summed E-state index contributed by atoms with van der Waals surface area (Å²) in [6.45, 7) is 25.1. The number of hydrogen-bond acceptors (Lipinski definition) is 6. The normalized spacial score (nSPS) is 31.1. The van der Waals surface area contributed by atoms with Gasteiger partial charge in [0.25, 0.3) is 0 Å². The Balaban J connectivity index is 1.82. The molecule has 1 aromatic carbocycles. The van der Waals surface area contributed by atoms with Gasteiger partial charge in [0.05, 0.1) is 45.9 Å². The van der Waals surface area contributed by atoms with Gasteiger partial charge in [0.1, 0.15) is 5.60 Å². The summed E-state index contributed by atoms with van der Waals surface area (Å²) in [5.41, 5.74) is -5.71. The van der Waals surface area contributed by atoms with Gasteiger partial charge in [-0.15, -0.1) is 0 Å². The number of nitrogens with zero attached hydrogens (tertiary/aromatic N) is 2. The van der Waals surface area contributed by atoms with Crippen LogP contribution in [0.3, 0.4) is 0 Å². The lowest BCUT2D eigenvalue weighted by Gasteiger charge is -2.48. The summed E-state index contributed by atoms with van der Waals surface area (Å²) < 4.78 is 62.0. The zero-order valence-electron chi connectivity index (χ0n) is 28.1. The van der Waals surface area contributed by atoms with Crippen LogP contribution in [0, 0.1) is 22.7 Å². The summed E-state index contributed by atoms with van der Waals surface area (Å²) in [6.07, 6.45) is -4.65. The maximum Gasteiger partial charge on any atom is 0.417 e. The number of rotatable bonds is 7. The minimum absolute atomic E-state index is 0.0460. The molecule has 44 heavy (non-hydrogen) atoms. The van der Waals surface area contributed by atoms with Crippen LogP contribution in [0.2, 0.25) is 36.3 Å². The zero-order chi connectivity index (χ0) is 33.7. The van der Waals surface area contributed by atoms with Crippen molar-refractivity contribution in [1.29, 1.82) is 5.26 Å². The largest absolute Gasteiger partial charge is 0.417 e. The van der Waals surface area contributed by atoms with Crippen LogP contribution in [0.4, 0.5) is 18.9 Å². The summed E-state index contributed by atoms with van der Waals surface area (Å²) in [6, 6.07) is 4.52. The number of imide groups is 1. The summed E-state index contributed by atoms with van der Waals surface area (Å²) in [5, 5.41) is 9.11. The lowest BCUT2D eigenvalue weighted by atomic mass is 9.57. The van der Waals surface area contributed by atoms with Crippen molar-refractivity contribution < 1.29 is 36.3 Å². The summed E-state index contributed by atoms with van der Waals surface area (Å²) in [7, 11) is -4.54. The molecule has 0 N–H and O–H groups in total. The molecule has 3 fully saturated rings. The molecule has 5 atom stereocenters. The number of ether oxygens (including phenoxy) is 1. The molecule has 1 aromatic rings. The molecule has 2 bridgehead atoms. The molecule has 0 radical (unpaired) electrons. The average molecular weight is 653 g/mol. The molecule has 3 aliphatic heterocycles. The first-order valence-corrected chi connectivity index (χ1v) is 21.0. The van der Waals surface area contributed by atoms with Gasteiger partial charge < -0.3 is 13.6 Å². The highest BCUT2D eigenvalue weighted by Gasteiger charge is 2.83. The Hall–Kier alpha value is -2.05. The number of nitriles is 1. The fourth-order valence-corrected chi connectivity index (χ4v) is 9.08.